The zero-order valence-electron chi connectivity index (χ0n) is 14.7. The summed E-state index contributed by atoms with van der Waals surface area (Å²) < 4.78 is 38.3. The molecule has 3 heterocycles. The second kappa shape index (κ2) is 7.64. The van der Waals surface area contributed by atoms with Gasteiger partial charge in [0.25, 0.3) is 5.91 Å². The van der Waals surface area contributed by atoms with Crippen LogP contribution in [0.15, 0.2) is 53.8 Å². The fourth-order valence-electron chi connectivity index (χ4n) is 3.06. The number of halogens is 4. The SMILES string of the molecule is O=C(NCc1ccc(C(F)(F)F)cc1)c1nc(C2C=NN3C=CC=CC23)c(Cl)s1. The molecule has 10 heteroatoms. The molecule has 0 radical (unpaired) electrons. The lowest BCUT2D eigenvalue weighted by molar-refractivity contribution is -0.137. The third kappa shape index (κ3) is 4.06. The molecule has 2 aliphatic rings. The number of alkyl halides is 3. The van der Waals surface area contributed by atoms with Crippen molar-refractivity contribution in [1.29, 1.82) is 0 Å². The van der Waals surface area contributed by atoms with Gasteiger partial charge in [0.05, 0.1) is 23.2 Å². The van der Waals surface area contributed by atoms with Crippen LogP contribution in [0, 0.1) is 0 Å². The lowest BCUT2D eigenvalue weighted by Crippen LogP contribution is -2.27. The average Bonchev–Trinajstić information content (AvgIpc) is 3.29. The van der Waals surface area contributed by atoms with Crippen LogP contribution in [-0.4, -0.2) is 28.2 Å². The smallest absolute Gasteiger partial charge is 0.346 e. The van der Waals surface area contributed by atoms with Crippen LogP contribution >= 0.6 is 22.9 Å². The summed E-state index contributed by atoms with van der Waals surface area (Å²) in [5, 5.41) is 8.96. The summed E-state index contributed by atoms with van der Waals surface area (Å²) in [4.78, 5) is 16.8. The van der Waals surface area contributed by atoms with E-state index in [0.717, 1.165) is 23.5 Å². The minimum absolute atomic E-state index is 0.0392. The Labute approximate surface area is 173 Å². The van der Waals surface area contributed by atoms with Gasteiger partial charge in [-0.3, -0.25) is 9.80 Å². The molecule has 0 spiro atoms. The van der Waals surface area contributed by atoms with Crippen LogP contribution in [0.3, 0.4) is 0 Å². The maximum atomic E-state index is 12.6. The number of aromatic nitrogens is 1. The number of hydrogen-bond donors (Lipinski definition) is 1. The number of nitrogens with one attached hydrogen (secondary N) is 1. The highest BCUT2D eigenvalue weighted by atomic mass is 35.5. The van der Waals surface area contributed by atoms with Gasteiger partial charge in [-0.25, -0.2) is 4.98 Å². The molecule has 1 aromatic heterocycles. The van der Waals surface area contributed by atoms with E-state index in [-0.39, 0.29) is 23.5 Å². The summed E-state index contributed by atoms with van der Waals surface area (Å²) in [6.07, 6.45) is 4.98. The third-order valence-electron chi connectivity index (χ3n) is 4.55. The number of nitrogens with zero attached hydrogens (tertiary/aromatic N) is 3. The number of hydrogen-bond acceptors (Lipinski definition) is 5. The number of carbonyl (C=O) groups is 1. The fourth-order valence-corrected chi connectivity index (χ4v) is 4.21. The molecule has 0 aliphatic carbocycles. The molecule has 2 unspecified atom stereocenters. The molecule has 0 fully saturated rings. The molecular formula is C19H14ClF3N4OS. The highest BCUT2D eigenvalue weighted by Crippen LogP contribution is 2.36. The quantitative estimate of drug-likeness (QED) is 0.760. The lowest BCUT2D eigenvalue weighted by Gasteiger charge is -2.23. The van der Waals surface area contributed by atoms with Gasteiger partial charge in [-0.2, -0.15) is 18.3 Å². The Kier molecular flexibility index (Phi) is 5.18. The van der Waals surface area contributed by atoms with E-state index < -0.39 is 17.6 Å². The Morgan fingerprint density at radius 3 is 2.72 bits per heavy atom. The highest BCUT2D eigenvalue weighted by molar-refractivity contribution is 7.17. The zero-order valence-corrected chi connectivity index (χ0v) is 16.3. The third-order valence-corrected chi connectivity index (χ3v) is 5.83. The van der Waals surface area contributed by atoms with Crippen molar-refractivity contribution in [2.75, 3.05) is 0 Å². The van der Waals surface area contributed by atoms with E-state index in [4.69, 9.17) is 11.6 Å². The summed E-state index contributed by atoms with van der Waals surface area (Å²) in [6, 6.07) is 4.59. The van der Waals surface area contributed by atoms with Gasteiger partial charge in [-0.1, -0.05) is 47.2 Å². The Balaban J connectivity index is 1.42. The topological polar surface area (TPSA) is 57.6 Å². The van der Waals surface area contributed by atoms with Crippen molar-refractivity contribution in [2.45, 2.75) is 24.7 Å². The Morgan fingerprint density at radius 2 is 2.00 bits per heavy atom. The Hall–Kier alpha value is -2.65. The molecular weight excluding hydrogens is 425 g/mol. The molecule has 4 rings (SSSR count). The molecule has 150 valence electrons. The van der Waals surface area contributed by atoms with Crippen molar-refractivity contribution in [2.24, 2.45) is 5.10 Å². The maximum Gasteiger partial charge on any atom is 0.416 e. The normalized spacial score (nSPS) is 20.2. The van der Waals surface area contributed by atoms with Crippen LogP contribution in [0.5, 0.6) is 0 Å². The van der Waals surface area contributed by atoms with E-state index in [1.807, 2.05) is 24.4 Å². The largest absolute Gasteiger partial charge is 0.416 e. The van der Waals surface area contributed by atoms with Crippen molar-refractivity contribution >= 4 is 35.1 Å². The number of benzene rings is 1. The van der Waals surface area contributed by atoms with E-state index in [1.54, 1.807) is 11.2 Å². The summed E-state index contributed by atoms with van der Waals surface area (Å²) in [7, 11) is 0. The second-order valence-electron chi connectivity index (χ2n) is 6.44. The molecule has 1 N–H and O–H groups in total. The minimum Gasteiger partial charge on any atom is -0.346 e. The summed E-state index contributed by atoms with van der Waals surface area (Å²) in [5.74, 6) is -0.606. The second-order valence-corrected chi connectivity index (χ2v) is 8.04. The van der Waals surface area contributed by atoms with Gasteiger partial charge in [0.2, 0.25) is 0 Å². The van der Waals surface area contributed by atoms with Gasteiger partial charge in [0.1, 0.15) is 4.34 Å². The number of allylic oxidation sites excluding steroid dienone is 2. The van der Waals surface area contributed by atoms with E-state index in [1.165, 1.54) is 12.1 Å². The van der Waals surface area contributed by atoms with E-state index in [9.17, 15) is 18.0 Å². The average molecular weight is 439 g/mol. The van der Waals surface area contributed by atoms with Gasteiger partial charge in [-0.05, 0) is 23.8 Å². The molecule has 29 heavy (non-hydrogen) atoms. The first kappa shape index (κ1) is 19.7. The first-order valence-electron chi connectivity index (χ1n) is 8.61. The van der Waals surface area contributed by atoms with Gasteiger partial charge < -0.3 is 5.32 Å². The predicted octanol–water partition coefficient (Wildman–Crippen LogP) is 4.58. The molecule has 2 aromatic rings. The Morgan fingerprint density at radius 1 is 1.24 bits per heavy atom. The van der Waals surface area contributed by atoms with Crippen LogP contribution < -0.4 is 5.32 Å². The van der Waals surface area contributed by atoms with Crippen LogP contribution in [0.25, 0.3) is 0 Å². The van der Waals surface area contributed by atoms with Crippen molar-refractivity contribution in [3.8, 4) is 0 Å². The molecule has 5 nitrogen and oxygen atoms in total. The van der Waals surface area contributed by atoms with Crippen LogP contribution in [0.1, 0.15) is 32.5 Å². The van der Waals surface area contributed by atoms with E-state index in [0.29, 0.717) is 15.6 Å². The zero-order chi connectivity index (χ0) is 20.6. The van der Waals surface area contributed by atoms with Crippen molar-refractivity contribution in [3.05, 3.63) is 74.9 Å². The number of amides is 1. The van der Waals surface area contributed by atoms with E-state index >= 15 is 0 Å². The number of fused-ring (bicyclic) bond motifs is 1. The monoisotopic (exact) mass is 438 g/mol. The van der Waals surface area contributed by atoms with E-state index in [2.05, 4.69) is 15.4 Å². The first-order chi connectivity index (χ1) is 13.8. The predicted molar refractivity (Wildman–Crippen MR) is 105 cm³/mol. The van der Waals surface area contributed by atoms with Gasteiger partial charge >= 0.3 is 6.18 Å². The molecule has 2 atom stereocenters. The fraction of sp³-hybridized carbons (Fsp3) is 0.211. The van der Waals surface area contributed by atoms with Crippen LogP contribution in [0.4, 0.5) is 13.2 Å². The van der Waals surface area contributed by atoms with Crippen LogP contribution in [-0.2, 0) is 12.7 Å². The molecule has 0 saturated heterocycles. The summed E-state index contributed by atoms with van der Waals surface area (Å²) in [5.41, 5.74) is 0.391. The van der Waals surface area contributed by atoms with Crippen LogP contribution in [0.2, 0.25) is 4.34 Å². The lowest BCUT2D eigenvalue weighted by atomic mass is 9.97. The highest BCUT2D eigenvalue weighted by Gasteiger charge is 2.34. The van der Waals surface area contributed by atoms with Gasteiger partial charge in [0.15, 0.2) is 5.01 Å². The Bertz CT molecular complexity index is 1010. The molecule has 0 bridgehead atoms. The first-order valence-corrected chi connectivity index (χ1v) is 9.80. The molecule has 0 saturated carbocycles. The molecule has 2 aliphatic heterocycles. The van der Waals surface area contributed by atoms with Gasteiger partial charge in [0, 0.05) is 19.0 Å². The number of rotatable bonds is 4. The number of hydrazone groups is 1. The van der Waals surface area contributed by atoms with Crippen molar-refractivity contribution < 1.29 is 18.0 Å². The number of carbonyl (C=O) groups excluding carboxylic acids is 1. The maximum absolute atomic E-state index is 12.6. The molecule has 1 amide bonds. The van der Waals surface area contributed by atoms with Crippen molar-refractivity contribution in [1.82, 2.24) is 15.3 Å². The summed E-state index contributed by atoms with van der Waals surface area (Å²) >= 11 is 7.39. The number of thiazole rings is 1. The summed E-state index contributed by atoms with van der Waals surface area (Å²) in [6.45, 7) is 0.0817. The standard InChI is InChI=1S/C19H14ClF3N4OS/c20-16-15(13-10-25-27-8-2-1-3-14(13)27)26-18(29-16)17(28)24-9-11-4-6-12(7-5-11)19(21,22)23/h1-8,10,13-14H,9H2,(H,24,28). The van der Waals surface area contributed by atoms with Gasteiger partial charge in [-0.15, -0.1) is 0 Å². The minimum atomic E-state index is -4.39. The van der Waals surface area contributed by atoms with Crippen molar-refractivity contribution in [3.63, 3.8) is 0 Å². The molecule has 1 aromatic carbocycles.